The number of carbonyl (C=O) groups excluding carboxylic acids is 2. The minimum atomic E-state index is 0.00571. The number of amides is 2. The van der Waals surface area contributed by atoms with Gasteiger partial charge in [-0.3, -0.25) is 9.59 Å². The summed E-state index contributed by atoms with van der Waals surface area (Å²) >= 11 is 1.62. The lowest BCUT2D eigenvalue weighted by Gasteiger charge is -2.09. The van der Waals surface area contributed by atoms with Crippen molar-refractivity contribution >= 4 is 35.0 Å². The van der Waals surface area contributed by atoms with Crippen LogP contribution in [0.4, 0.5) is 11.4 Å². The van der Waals surface area contributed by atoms with Gasteiger partial charge in [0.1, 0.15) is 0 Å². The molecule has 2 rings (SSSR count). The predicted octanol–water partition coefficient (Wildman–Crippen LogP) is 4.39. The summed E-state index contributed by atoms with van der Waals surface area (Å²) in [6.45, 7) is 3.94. The highest BCUT2D eigenvalue weighted by Gasteiger charge is 2.06. The fourth-order valence-corrected chi connectivity index (χ4v) is 3.15. The first-order chi connectivity index (χ1) is 12.1. The first kappa shape index (κ1) is 19.1. The maximum atomic E-state index is 11.9. The monoisotopic (exact) mass is 356 g/mol. The van der Waals surface area contributed by atoms with Crippen LogP contribution in [-0.2, 0) is 9.59 Å². The van der Waals surface area contributed by atoms with E-state index in [1.165, 1.54) is 0 Å². The number of hydrogen-bond donors (Lipinski definition) is 2. The van der Waals surface area contributed by atoms with Crippen molar-refractivity contribution < 1.29 is 9.59 Å². The lowest BCUT2D eigenvalue weighted by atomic mass is 10.2. The second-order valence-electron chi connectivity index (χ2n) is 5.84. The van der Waals surface area contributed by atoms with E-state index in [1.54, 1.807) is 11.8 Å². The summed E-state index contributed by atoms with van der Waals surface area (Å²) in [6, 6.07) is 15.4. The molecule has 0 bridgehead atoms. The van der Waals surface area contributed by atoms with E-state index in [-0.39, 0.29) is 11.8 Å². The molecule has 0 fully saturated rings. The number of rotatable bonds is 8. The Kier molecular flexibility index (Phi) is 7.54. The van der Waals surface area contributed by atoms with Gasteiger partial charge in [0, 0.05) is 35.7 Å². The summed E-state index contributed by atoms with van der Waals surface area (Å²) in [4.78, 5) is 23.9. The Labute approximate surface area is 153 Å². The summed E-state index contributed by atoms with van der Waals surface area (Å²) in [5.41, 5.74) is 3.82. The fraction of sp³-hybridized carbons (Fsp3) is 0.300. The molecule has 2 aromatic carbocycles. The van der Waals surface area contributed by atoms with E-state index in [0.717, 1.165) is 22.5 Å². The Morgan fingerprint density at radius 1 is 0.760 bits per heavy atom. The van der Waals surface area contributed by atoms with Crippen molar-refractivity contribution in [3.63, 3.8) is 0 Å². The van der Waals surface area contributed by atoms with Crippen LogP contribution in [0.25, 0.3) is 0 Å². The average molecular weight is 356 g/mol. The molecule has 132 valence electrons. The van der Waals surface area contributed by atoms with E-state index >= 15 is 0 Å². The molecular formula is C20H24N2O2S. The molecule has 5 heteroatoms. The lowest BCUT2D eigenvalue weighted by molar-refractivity contribution is -0.116. The van der Waals surface area contributed by atoms with Gasteiger partial charge in [-0.05, 0) is 37.1 Å². The van der Waals surface area contributed by atoms with Crippen LogP contribution in [0.5, 0.6) is 0 Å². The van der Waals surface area contributed by atoms with Gasteiger partial charge < -0.3 is 10.6 Å². The third-order valence-electron chi connectivity index (χ3n) is 3.79. The zero-order valence-corrected chi connectivity index (χ0v) is 15.5. The number of hydrogen-bond acceptors (Lipinski definition) is 3. The third kappa shape index (κ3) is 6.63. The smallest absolute Gasteiger partial charge is 0.225 e. The quantitative estimate of drug-likeness (QED) is 0.690. The SMILES string of the molecule is Cc1ccccc1NC(=O)CCSCCC(=O)Nc1ccccc1C. The van der Waals surface area contributed by atoms with Crippen LogP contribution in [0.2, 0.25) is 0 Å². The summed E-state index contributed by atoms with van der Waals surface area (Å²) in [5, 5.41) is 5.83. The maximum Gasteiger partial charge on any atom is 0.225 e. The number of nitrogens with one attached hydrogen (secondary N) is 2. The molecule has 0 aromatic heterocycles. The Morgan fingerprint density at radius 2 is 1.16 bits per heavy atom. The van der Waals surface area contributed by atoms with Gasteiger partial charge >= 0.3 is 0 Å². The molecule has 4 nitrogen and oxygen atoms in total. The highest BCUT2D eigenvalue weighted by atomic mass is 32.2. The van der Waals surface area contributed by atoms with Crippen LogP contribution in [0.3, 0.4) is 0 Å². The van der Waals surface area contributed by atoms with Gasteiger partial charge in [0.25, 0.3) is 0 Å². The van der Waals surface area contributed by atoms with Gasteiger partial charge in [0.05, 0.1) is 0 Å². The highest BCUT2D eigenvalue weighted by molar-refractivity contribution is 7.99. The van der Waals surface area contributed by atoms with Gasteiger partial charge in [0.15, 0.2) is 0 Å². The number of benzene rings is 2. The van der Waals surface area contributed by atoms with E-state index in [4.69, 9.17) is 0 Å². The van der Waals surface area contributed by atoms with Crippen LogP contribution >= 0.6 is 11.8 Å². The highest BCUT2D eigenvalue weighted by Crippen LogP contribution is 2.15. The van der Waals surface area contributed by atoms with Crippen molar-refractivity contribution in [3.8, 4) is 0 Å². The van der Waals surface area contributed by atoms with Gasteiger partial charge in [0.2, 0.25) is 11.8 Å². The molecule has 0 atom stereocenters. The van der Waals surface area contributed by atoms with Crippen molar-refractivity contribution in [2.75, 3.05) is 22.1 Å². The Balaban J connectivity index is 1.61. The molecule has 25 heavy (non-hydrogen) atoms. The van der Waals surface area contributed by atoms with Crippen molar-refractivity contribution in [3.05, 3.63) is 59.7 Å². The predicted molar refractivity (Wildman–Crippen MR) is 106 cm³/mol. The zero-order chi connectivity index (χ0) is 18.1. The fourth-order valence-electron chi connectivity index (χ4n) is 2.28. The molecule has 0 spiro atoms. The largest absolute Gasteiger partial charge is 0.326 e. The van der Waals surface area contributed by atoms with Crippen LogP contribution in [0.15, 0.2) is 48.5 Å². The van der Waals surface area contributed by atoms with E-state index in [1.807, 2.05) is 62.4 Å². The molecule has 0 aliphatic rings. The molecule has 0 saturated heterocycles. The minimum absolute atomic E-state index is 0.00571. The van der Waals surface area contributed by atoms with Gasteiger partial charge in [-0.15, -0.1) is 0 Å². The number of thioether (sulfide) groups is 1. The zero-order valence-electron chi connectivity index (χ0n) is 14.7. The molecule has 0 aliphatic heterocycles. The molecule has 0 saturated carbocycles. The molecule has 0 radical (unpaired) electrons. The van der Waals surface area contributed by atoms with Crippen LogP contribution < -0.4 is 10.6 Å². The summed E-state index contributed by atoms with van der Waals surface area (Å²) in [7, 11) is 0. The summed E-state index contributed by atoms with van der Waals surface area (Å²) in [5.74, 6) is 1.42. The number of carbonyl (C=O) groups is 2. The van der Waals surface area contributed by atoms with E-state index < -0.39 is 0 Å². The van der Waals surface area contributed by atoms with Crippen LogP contribution in [0, 0.1) is 13.8 Å². The molecule has 0 heterocycles. The first-order valence-corrected chi connectivity index (χ1v) is 9.50. The second kappa shape index (κ2) is 9.89. The molecular weight excluding hydrogens is 332 g/mol. The normalized spacial score (nSPS) is 10.3. The van der Waals surface area contributed by atoms with Gasteiger partial charge in [-0.25, -0.2) is 0 Å². The summed E-state index contributed by atoms with van der Waals surface area (Å²) in [6.07, 6.45) is 0.886. The Bertz CT molecular complexity index is 670. The van der Waals surface area contributed by atoms with Crippen LogP contribution in [0.1, 0.15) is 24.0 Å². The van der Waals surface area contributed by atoms with E-state index in [0.29, 0.717) is 24.3 Å². The van der Waals surface area contributed by atoms with E-state index in [2.05, 4.69) is 10.6 Å². The topological polar surface area (TPSA) is 58.2 Å². The van der Waals surface area contributed by atoms with Crippen LogP contribution in [-0.4, -0.2) is 23.3 Å². The van der Waals surface area contributed by atoms with Crippen molar-refractivity contribution in [1.29, 1.82) is 0 Å². The molecule has 0 unspecified atom stereocenters. The van der Waals surface area contributed by atoms with Gasteiger partial charge in [-0.1, -0.05) is 36.4 Å². The van der Waals surface area contributed by atoms with E-state index in [9.17, 15) is 9.59 Å². The molecule has 2 aromatic rings. The minimum Gasteiger partial charge on any atom is -0.326 e. The number of para-hydroxylation sites is 2. The summed E-state index contributed by atoms with van der Waals surface area (Å²) < 4.78 is 0. The standard InChI is InChI=1S/C20H24N2O2S/c1-15-7-3-5-9-17(15)21-19(23)11-13-25-14-12-20(24)22-18-10-6-4-8-16(18)2/h3-10H,11-14H2,1-2H3,(H,21,23)(H,22,24). The first-order valence-electron chi connectivity index (χ1n) is 8.35. The van der Waals surface area contributed by atoms with Crippen molar-refractivity contribution in [2.24, 2.45) is 0 Å². The number of aryl methyl sites for hydroxylation is 2. The lowest BCUT2D eigenvalue weighted by Crippen LogP contribution is -2.14. The Hall–Kier alpha value is -2.27. The maximum absolute atomic E-state index is 11.9. The third-order valence-corrected chi connectivity index (χ3v) is 4.77. The molecule has 0 aliphatic carbocycles. The Morgan fingerprint density at radius 3 is 1.56 bits per heavy atom. The van der Waals surface area contributed by atoms with Crippen molar-refractivity contribution in [2.45, 2.75) is 26.7 Å². The number of anilines is 2. The average Bonchev–Trinajstić information content (AvgIpc) is 2.59. The molecule has 2 amide bonds. The second-order valence-corrected chi connectivity index (χ2v) is 7.06. The van der Waals surface area contributed by atoms with Gasteiger partial charge in [-0.2, -0.15) is 11.8 Å². The van der Waals surface area contributed by atoms with Crippen molar-refractivity contribution in [1.82, 2.24) is 0 Å². The molecule has 2 N–H and O–H groups in total.